The van der Waals surface area contributed by atoms with Gasteiger partial charge >= 0.3 is 5.91 Å². The molecular formula is C31H30N2O7S. The smallest absolute Gasteiger partial charge is 0.301 e. The highest BCUT2D eigenvalue weighted by Gasteiger charge is 2.48. The van der Waals surface area contributed by atoms with Gasteiger partial charge in [-0.3, -0.25) is 14.5 Å². The number of aliphatic hydroxyl groups is 1. The third kappa shape index (κ3) is 5.06. The molecule has 5 rings (SSSR count). The van der Waals surface area contributed by atoms with Gasteiger partial charge in [-0.15, -0.1) is 0 Å². The highest BCUT2D eigenvalue weighted by atomic mass is 32.1. The summed E-state index contributed by atoms with van der Waals surface area (Å²) in [6.07, 6.45) is 0.852. The van der Waals surface area contributed by atoms with Gasteiger partial charge in [-0.1, -0.05) is 24.3 Å². The first-order valence-corrected chi connectivity index (χ1v) is 13.8. The topological polar surface area (TPSA) is 107 Å². The van der Waals surface area contributed by atoms with Crippen LogP contribution in [0, 0.1) is 6.92 Å². The van der Waals surface area contributed by atoms with Crippen molar-refractivity contribution in [3.63, 3.8) is 0 Å². The molecule has 0 radical (unpaired) electrons. The van der Waals surface area contributed by atoms with Gasteiger partial charge in [-0.2, -0.15) is 0 Å². The van der Waals surface area contributed by atoms with Crippen LogP contribution in [0.5, 0.6) is 23.0 Å². The van der Waals surface area contributed by atoms with Gasteiger partial charge in [0.15, 0.2) is 16.6 Å². The molecule has 0 aliphatic carbocycles. The number of methoxy groups -OCH3 is 3. The van der Waals surface area contributed by atoms with Gasteiger partial charge in [0, 0.05) is 5.56 Å². The zero-order chi connectivity index (χ0) is 29.3. The van der Waals surface area contributed by atoms with E-state index in [1.165, 1.54) is 37.6 Å². The van der Waals surface area contributed by atoms with Gasteiger partial charge in [0.2, 0.25) is 5.75 Å². The number of nitrogens with zero attached hydrogens (tertiary/aromatic N) is 2. The number of carbonyl (C=O) groups excluding carboxylic acids is 2. The summed E-state index contributed by atoms with van der Waals surface area (Å²) in [4.78, 5) is 33.3. The molecule has 3 aromatic carbocycles. The number of carbonyl (C=O) groups is 2. The molecule has 2 heterocycles. The van der Waals surface area contributed by atoms with Gasteiger partial charge in [0.25, 0.3) is 5.78 Å². The van der Waals surface area contributed by atoms with Crippen molar-refractivity contribution in [1.82, 2.24) is 4.98 Å². The van der Waals surface area contributed by atoms with E-state index >= 15 is 0 Å². The first kappa shape index (κ1) is 28.0. The lowest BCUT2D eigenvalue weighted by atomic mass is 9.94. The summed E-state index contributed by atoms with van der Waals surface area (Å²) < 4.78 is 23.1. The Balaban J connectivity index is 1.72. The molecule has 4 aromatic rings. The highest BCUT2D eigenvalue weighted by Crippen LogP contribution is 2.48. The van der Waals surface area contributed by atoms with Crippen LogP contribution in [0.2, 0.25) is 0 Å². The predicted octanol–water partition coefficient (Wildman–Crippen LogP) is 6.05. The number of aromatic nitrogens is 1. The molecule has 1 aliphatic heterocycles. The van der Waals surface area contributed by atoms with E-state index in [1.54, 1.807) is 36.4 Å². The Labute approximate surface area is 241 Å². The van der Waals surface area contributed by atoms with Crippen molar-refractivity contribution < 1.29 is 33.6 Å². The van der Waals surface area contributed by atoms with E-state index in [-0.39, 0.29) is 11.3 Å². The number of rotatable bonds is 9. The van der Waals surface area contributed by atoms with Crippen LogP contribution in [0.1, 0.15) is 36.1 Å². The molecule has 1 saturated heterocycles. The van der Waals surface area contributed by atoms with Crippen molar-refractivity contribution in [3.05, 3.63) is 76.9 Å². The Morgan fingerprint density at radius 2 is 1.66 bits per heavy atom. The normalized spacial score (nSPS) is 16.3. The third-order valence-corrected chi connectivity index (χ3v) is 7.80. The molecule has 10 heteroatoms. The standard InChI is InChI=1S/C31H30N2O7S/c1-6-13-40-20-10-8-18(9-11-20)27(34)25-26(19-15-22(37-3)29(39-5)23(16-19)38-4)33(30(36)28(25)35)31-32-21-12-7-17(2)14-24(21)41-31/h7-12,14-16,26,34H,6,13H2,1-5H3/b27-25+. The first-order valence-electron chi connectivity index (χ1n) is 13.0. The van der Waals surface area contributed by atoms with E-state index in [1.807, 2.05) is 32.0 Å². The van der Waals surface area contributed by atoms with Crippen LogP contribution in [-0.2, 0) is 9.59 Å². The molecule has 9 nitrogen and oxygen atoms in total. The van der Waals surface area contributed by atoms with E-state index in [0.29, 0.717) is 51.4 Å². The van der Waals surface area contributed by atoms with Crippen LogP contribution in [0.3, 0.4) is 0 Å². The summed E-state index contributed by atoms with van der Waals surface area (Å²) >= 11 is 1.29. The molecule has 1 aromatic heterocycles. The number of aliphatic hydroxyl groups excluding tert-OH is 1. The van der Waals surface area contributed by atoms with E-state index in [4.69, 9.17) is 18.9 Å². The molecule has 212 valence electrons. The Morgan fingerprint density at radius 1 is 0.976 bits per heavy atom. The minimum Gasteiger partial charge on any atom is -0.507 e. The van der Waals surface area contributed by atoms with Crippen molar-refractivity contribution in [2.45, 2.75) is 26.3 Å². The summed E-state index contributed by atoms with van der Waals surface area (Å²) in [5.74, 6) is -0.284. The fraction of sp³-hybridized carbons (Fsp3) is 0.258. The molecule has 1 unspecified atom stereocenters. The SMILES string of the molecule is CCCOc1ccc(/C(O)=C2\C(=O)C(=O)N(c3nc4ccc(C)cc4s3)C2c2cc(OC)c(OC)c(OC)c2)cc1. The number of amides is 1. The quantitative estimate of drug-likeness (QED) is 0.146. The maximum absolute atomic E-state index is 13.7. The molecule has 0 bridgehead atoms. The Kier molecular flexibility index (Phi) is 7.85. The maximum Gasteiger partial charge on any atom is 0.301 e. The van der Waals surface area contributed by atoms with Gasteiger partial charge < -0.3 is 24.1 Å². The number of thiazole rings is 1. The van der Waals surface area contributed by atoms with Crippen LogP contribution in [0.15, 0.2) is 60.2 Å². The number of hydrogen-bond donors (Lipinski definition) is 1. The van der Waals surface area contributed by atoms with E-state index < -0.39 is 17.7 Å². The summed E-state index contributed by atoms with van der Waals surface area (Å²) in [5, 5.41) is 11.9. The van der Waals surface area contributed by atoms with Crippen LogP contribution in [0.4, 0.5) is 5.13 Å². The van der Waals surface area contributed by atoms with Gasteiger partial charge in [-0.25, -0.2) is 4.98 Å². The zero-order valence-corrected chi connectivity index (χ0v) is 24.2. The Hall–Kier alpha value is -4.57. The van der Waals surface area contributed by atoms with Crippen LogP contribution in [-0.4, -0.2) is 49.7 Å². The van der Waals surface area contributed by atoms with E-state index in [2.05, 4.69) is 4.98 Å². The van der Waals surface area contributed by atoms with E-state index in [9.17, 15) is 14.7 Å². The highest BCUT2D eigenvalue weighted by molar-refractivity contribution is 7.22. The predicted molar refractivity (Wildman–Crippen MR) is 157 cm³/mol. The number of aryl methyl sites for hydroxylation is 1. The monoisotopic (exact) mass is 574 g/mol. The third-order valence-electron chi connectivity index (χ3n) is 6.79. The van der Waals surface area contributed by atoms with Gasteiger partial charge in [0.05, 0.1) is 49.8 Å². The summed E-state index contributed by atoms with van der Waals surface area (Å²) in [6, 6.07) is 14.8. The Morgan fingerprint density at radius 3 is 2.27 bits per heavy atom. The molecule has 41 heavy (non-hydrogen) atoms. The molecule has 1 N–H and O–H groups in total. The fourth-order valence-electron chi connectivity index (χ4n) is 4.81. The second-order valence-electron chi connectivity index (χ2n) is 9.47. The van der Waals surface area contributed by atoms with Crippen molar-refractivity contribution in [2.24, 2.45) is 0 Å². The molecule has 1 atom stereocenters. The minimum absolute atomic E-state index is 0.0815. The largest absolute Gasteiger partial charge is 0.507 e. The van der Waals surface area contributed by atoms with Crippen molar-refractivity contribution in [3.8, 4) is 23.0 Å². The average Bonchev–Trinajstić information content (AvgIpc) is 3.52. The van der Waals surface area contributed by atoms with E-state index in [0.717, 1.165) is 16.7 Å². The number of Topliss-reactive ketones (excluding diaryl/α,β-unsaturated/α-hetero) is 1. The molecule has 0 saturated carbocycles. The number of ether oxygens (including phenoxy) is 4. The maximum atomic E-state index is 13.7. The molecule has 1 amide bonds. The summed E-state index contributed by atoms with van der Waals surface area (Å²) in [5.41, 5.74) is 2.50. The number of fused-ring (bicyclic) bond motifs is 1. The fourth-order valence-corrected chi connectivity index (χ4v) is 5.90. The van der Waals surface area contributed by atoms with Crippen LogP contribution in [0.25, 0.3) is 16.0 Å². The number of hydrogen-bond acceptors (Lipinski definition) is 9. The van der Waals surface area contributed by atoms with Gasteiger partial charge in [0.1, 0.15) is 11.5 Å². The number of ketones is 1. The van der Waals surface area contributed by atoms with Crippen molar-refractivity contribution in [2.75, 3.05) is 32.8 Å². The van der Waals surface area contributed by atoms with Crippen molar-refractivity contribution >= 4 is 44.1 Å². The van der Waals surface area contributed by atoms with Crippen LogP contribution >= 0.6 is 11.3 Å². The first-order chi connectivity index (χ1) is 19.8. The molecule has 1 aliphatic rings. The number of anilines is 1. The lowest BCUT2D eigenvalue weighted by Crippen LogP contribution is -2.29. The lowest BCUT2D eigenvalue weighted by Gasteiger charge is -2.24. The second kappa shape index (κ2) is 11.5. The average molecular weight is 575 g/mol. The molecule has 0 spiro atoms. The summed E-state index contributed by atoms with van der Waals surface area (Å²) in [6.45, 7) is 4.54. The van der Waals surface area contributed by atoms with Gasteiger partial charge in [-0.05, 0) is 73.0 Å². The molecular weight excluding hydrogens is 544 g/mol. The Bertz CT molecular complexity index is 1630. The minimum atomic E-state index is -1.03. The lowest BCUT2D eigenvalue weighted by molar-refractivity contribution is -0.132. The zero-order valence-electron chi connectivity index (χ0n) is 23.4. The second-order valence-corrected chi connectivity index (χ2v) is 10.5. The van der Waals surface area contributed by atoms with Crippen molar-refractivity contribution in [1.29, 1.82) is 0 Å². The summed E-state index contributed by atoms with van der Waals surface area (Å²) in [7, 11) is 4.45. The van der Waals surface area contributed by atoms with Crippen LogP contribution < -0.4 is 23.8 Å². The number of benzene rings is 3. The molecule has 1 fully saturated rings.